The van der Waals surface area contributed by atoms with Crippen molar-refractivity contribution >= 4 is 29.1 Å². The first-order chi connectivity index (χ1) is 15.2. The molecule has 0 bridgehead atoms. The highest BCUT2D eigenvalue weighted by molar-refractivity contribution is 7.10. The van der Waals surface area contributed by atoms with Crippen molar-refractivity contribution in [2.24, 2.45) is 4.99 Å². The van der Waals surface area contributed by atoms with E-state index in [2.05, 4.69) is 65.2 Å². The van der Waals surface area contributed by atoms with Crippen molar-refractivity contribution in [3.63, 3.8) is 0 Å². The fraction of sp³-hybridized carbons (Fsp3) is 0.333. The van der Waals surface area contributed by atoms with Gasteiger partial charge in [0.25, 0.3) is 5.95 Å². The predicted octanol–water partition coefficient (Wildman–Crippen LogP) is 2.75. The van der Waals surface area contributed by atoms with Gasteiger partial charge in [0.2, 0.25) is 5.95 Å². The Morgan fingerprint density at radius 3 is 2.65 bits per heavy atom. The summed E-state index contributed by atoms with van der Waals surface area (Å²) < 4.78 is 5.91. The van der Waals surface area contributed by atoms with E-state index in [-0.39, 0.29) is 12.1 Å². The summed E-state index contributed by atoms with van der Waals surface area (Å²) in [6, 6.07) is 14.1. The second-order valence-corrected chi connectivity index (χ2v) is 8.50. The third-order valence-electron chi connectivity index (χ3n) is 5.24. The van der Waals surface area contributed by atoms with Crippen molar-refractivity contribution in [3.8, 4) is 11.8 Å². The van der Waals surface area contributed by atoms with Crippen molar-refractivity contribution in [1.29, 1.82) is 0 Å². The van der Waals surface area contributed by atoms with E-state index in [4.69, 9.17) is 4.74 Å². The van der Waals surface area contributed by atoms with Gasteiger partial charge in [-0.1, -0.05) is 24.3 Å². The lowest BCUT2D eigenvalue weighted by atomic mass is 10.2. The van der Waals surface area contributed by atoms with Gasteiger partial charge < -0.3 is 20.0 Å². The number of nitrogens with zero attached hydrogens (tertiary/aromatic N) is 6. The summed E-state index contributed by atoms with van der Waals surface area (Å²) >= 11 is 1.72. The molecule has 2 aliphatic rings. The molecule has 10 heteroatoms. The van der Waals surface area contributed by atoms with Crippen LogP contribution >= 0.6 is 11.3 Å². The first kappa shape index (κ1) is 19.9. The fourth-order valence-electron chi connectivity index (χ4n) is 3.49. The van der Waals surface area contributed by atoms with Crippen LogP contribution in [-0.2, 0) is 0 Å². The van der Waals surface area contributed by atoms with Gasteiger partial charge in [-0.2, -0.15) is 19.9 Å². The first-order valence-corrected chi connectivity index (χ1v) is 11.2. The van der Waals surface area contributed by atoms with E-state index in [1.807, 2.05) is 30.3 Å². The molecule has 0 radical (unpaired) electrons. The zero-order valence-electron chi connectivity index (χ0n) is 17.2. The second-order valence-electron chi connectivity index (χ2n) is 7.52. The number of aromatic nitrogens is 3. The Morgan fingerprint density at radius 1 is 1.03 bits per heavy atom. The van der Waals surface area contributed by atoms with E-state index in [1.54, 1.807) is 11.3 Å². The summed E-state index contributed by atoms with van der Waals surface area (Å²) in [5.41, 5.74) is 6.44. The van der Waals surface area contributed by atoms with Crippen molar-refractivity contribution in [2.75, 3.05) is 38.1 Å². The maximum absolute atomic E-state index is 5.91. The molecule has 1 unspecified atom stereocenters. The molecule has 9 nitrogen and oxygen atoms in total. The number of benzene rings is 1. The summed E-state index contributed by atoms with van der Waals surface area (Å²) in [5, 5.41) is 2.08. The maximum atomic E-state index is 5.91. The molecule has 0 amide bonds. The molecular weight excluding hydrogens is 412 g/mol. The average molecular weight is 437 g/mol. The van der Waals surface area contributed by atoms with Gasteiger partial charge in [-0.3, -0.25) is 0 Å². The van der Waals surface area contributed by atoms with E-state index in [9.17, 15) is 0 Å². The molecule has 2 saturated heterocycles. The molecule has 2 fully saturated rings. The molecule has 31 heavy (non-hydrogen) atoms. The van der Waals surface area contributed by atoms with E-state index >= 15 is 0 Å². The summed E-state index contributed by atoms with van der Waals surface area (Å²) in [5.74, 6) is 2.40. The number of hydrogen-bond donors (Lipinski definition) is 2. The summed E-state index contributed by atoms with van der Waals surface area (Å²) in [6.07, 6.45) is 0.741. The monoisotopic (exact) mass is 436 g/mol. The number of nitrogens with one attached hydrogen (secondary N) is 2. The number of hydrogen-bond acceptors (Lipinski definition) is 9. The molecular formula is C21H24N8OS. The molecule has 2 aromatic heterocycles. The highest BCUT2D eigenvalue weighted by Crippen LogP contribution is 2.26. The SMILES string of the molecule is CN1CCN(c2nc(/N=C3\CC(c4cccs4)NN3)nc(Oc3ccccc3)n2)CC1. The van der Waals surface area contributed by atoms with Crippen LogP contribution in [-0.4, -0.2) is 58.9 Å². The van der Waals surface area contributed by atoms with Gasteiger partial charge in [-0.15, -0.1) is 11.3 Å². The fourth-order valence-corrected chi connectivity index (χ4v) is 4.27. The van der Waals surface area contributed by atoms with Crippen LogP contribution in [0.2, 0.25) is 0 Å². The topological polar surface area (TPSA) is 90.8 Å². The lowest BCUT2D eigenvalue weighted by molar-refractivity contribution is 0.310. The number of amidine groups is 1. The minimum absolute atomic E-state index is 0.192. The average Bonchev–Trinajstić information content (AvgIpc) is 3.47. The molecule has 1 aromatic carbocycles. The molecule has 4 heterocycles. The Labute approximate surface area is 184 Å². The Morgan fingerprint density at radius 2 is 1.87 bits per heavy atom. The van der Waals surface area contributed by atoms with Gasteiger partial charge in [0, 0.05) is 37.5 Å². The lowest BCUT2D eigenvalue weighted by Crippen LogP contribution is -2.45. The number of para-hydroxylation sites is 1. The Kier molecular flexibility index (Phi) is 5.74. The highest BCUT2D eigenvalue weighted by Gasteiger charge is 2.23. The summed E-state index contributed by atoms with van der Waals surface area (Å²) in [4.78, 5) is 24.0. The number of thiophene rings is 1. The van der Waals surface area contributed by atoms with Crippen molar-refractivity contribution in [1.82, 2.24) is 30.7 Å². The number of hydrazine groups is 1. The predicted molar refractivity (Wildman–Crippen MR) is 121 cm³/mol. The highest BCUT2D eigenvalue weighted by atomic mass is 32.1. The van der Waals surface area contributed by atoms with E-state index in [0.29, 0.717) is 17.6 Å². The molecule has 160 valence electrons. The van der Waals surface area contributed by atoms with Crippen LogP contribution in [0.3, 0.4) is 0 Å². The zero-order chi connectivity index (χ0) is 21.0. The number of likely N-dealkylation sites (N-methyl/N-ethyl adjacent to an activating group) is 1. The smallest absolute Gasteiger partial charge is 0.328 e. The van der Waals surface area contributed by atoms with Crippen LogP contribution in [0.4, 0.5) is 11.9 Å². The minimum Gasteiger partial charge on any atom is -0.424 e. The van der Waals surface area contributed by atoms with E-state index in [1.165, 1.54) is 4.88 Å². The van der Waals surface area contributed by atoms with Crippen LogP contribution in [0.1, 0.15) is 17.3 Å². The number of aliphatic imine (C=N–C) groups is 1. The van der Waals surface area contributed by atoms with Crippen LogP contribution in [0.5, 0.6) is 11.8 Å². The van der Waals surface area contributed by atoms with Gasteiger partial charge in [0.15, 0.2) is 0 Å². The van der Waals surface area contributed by atoms with Crippen LogP contribution in [0.15, 0.2) is 52.8 Å². The molecule has 2 aliphatic heterocycles. The van der Waals surface area contributed by atoms with Gasteiger partial charge in [-0.05, 0) is 30.6 Å². The largest absolute Gasteiger partial charge is 0.424 e. The summed E-state index contributed by atoms with van der Waals surface area (Å²) in [6.45, 7) is 3.61. The lowest BCUT2D eigenvalue weighted by Gasteiger charge is -2.32. The van der Waals surface area contributed by atoms with Gasteiger partial charge in [0.05, 0.1) is 6.04 Å². The Balaban J connectivity index is 1.41. The van der Waals surface area contributed by atoms with Gasteiger partial charge in [-0.25, -0.2) is 5.43 Å². The molecule has 2 N–H and O–H groups in total. The first-order valence-electron chi connectivity index (χ1n) is 10.3. The molecule has 0 saturated carbocycles. The summed E-state index contributed by atoms with van der Waals surface area (Å²) in [7, 11) is 2.12. The molecule has 3 aromatic rings. The Hall–Kier alpha value is -3.08. The van der Waals surface area contributed by atoms with Crippen LogP contribution in [0.25, 0.3) is 0 Å². The standard InChI is InChI=1S/C21H24N8OS/c1-28-9-11-29(12-10-28)20-23-19(24-21(25-20)30-15-6-3-2-4-7-15)22-18-14-16(26-27-18)17-8-5-13-31-17/h2-8,13,16,26H,9-12,14H2,1H3,(H,22,23,24,25,27). The Bertz CT molecular complexity index is 1030. The second kappa shape index (κ2) is 8.96. The third kappa shape index (κ3) is 4.82. The molecule has 5 rings (SSSR count). The van der Waals surface area contributed by atoms with Crippen molar-refractivity contribution < 1.29 is 4.74 Å². The zero-order valence-corrected chi connectivity index (χ0v) is 18.0. The molecule has 0 aliphatic carbocycles. The van der Waals surface area contributed by atoms with Crippen molar-refractivity contribution in [2.45, 2.75) is 12.5 Å². The van der Waals surface area contributed by atoms with E-state index < -0.39 is 0 Å². The quantitative estimate of drug-likeness (QED) is 0.631. The number of ether oxygens (including phenoxy) is 1. The van der Waals surface area contributed by atoms with Crippen molar-refractivity contribution in [3.05, 3.63) is 52.7 Å². The molecule has 1 atom stereocenters. The van der Waals surface area contributed by atoms with Gasteiger partial charge >= 0.3 is 6.01 Å². The maximum Gasteiger partial charge on any atom is 0.328 e. The van der Waals surface area contributed by atoms with Gasteiger partial charge in [0.1, 0.15) is 11.6 Å². The van der Waals surface area contributed by atoms with Crippen LogP contribution < -0.4 is 20.5 Å². The third-order valence-corrected chi connectivity index (χ3v) is 6.23. The number of piperazine rings is 1. The normalized spacial score (nSPS) is 20.7. The van der Waals surface area contributed by atoms with E-state index in [0.717, 1.165) is 38.4 Å². The number of rotatable bonds is 5. The number of anilines is 1. The minimum atomic E-state index is 0.192. The molecule has 0 spiro atoms. The van der Waals surface area contributed by atoms with Crippen LogP contribution in [0, 0.1) is 0 Å².